The Labute approximate surface area is 153 Å². The van der Waals surface area contributed by atoms with E-state index in [0.29, 0.717) is 16.7 Å². The Morgan fingerprint density at radius 3 is 1.96 bits per heavy atom. The second kappa shape index (κ2) is 7.09. The van der Waals surface area contributed by atoms with Crippen LogP contribution in [0.4, 0.5) is 0 Å². The molecule has 3 aromatic rings. The third-order valence-electron chi connectivity index (χ3n) is 5.05. The number of aryl methyl sites for hydroxylation is 2. The van der Waals surface area contributed by atoms with Crippen LogP contribution in [-0.4, -0.2) is 11.6 Å². The van der Waals surface area contributed by atoms with Crippen molar-refractivity contribution in [1.82, 2.24) is 0 Å². The van der Waals surface area contributed by atoms with E-state index in [9.17, 15) is 9.59 Å². The van der Waals surface area contributed by atoms with Crippen LogP contribution in [0.3, 0.4) is 0 Å². The zero-order chi connectivity index (χ0) is 17.9. The summed E-state index contributed by atoms with van der Waals surface area (Å²) in [6, 6.07) is 22.7. The number of hydrogen-bond acceptors (Lipinski definition) is 2. The third-order valence-corrected chi connectivity index (χ3v) is 5.05. The number of carbonyl (C=O) groups excluding carboxylic acids is 2. The van der Waals surface area contributed by atoms with Crippen molar-refractivity contribution in [1.29, 1.82) is 0 Å². The summed E-state index contributed by atoms with van der Waals surface area (Å²) in [6.07, 6.45) is 3.41. The van der Waals surface area contributed by atoms with Crippen molar-refractivity contribution in [3.05, 3.63) is 106 Å². The number of rotatable bonds is 5. The molecule has 2 heteroatoms. The molecule has 0 saturated carbocycles. The molecule has 0 aromatic heterocycles. The van der Waals surface area contributed by atoms with Gasteiger partial charge in [0.15, 0.2) is 11.6 Å². The summed E-state index contributed by atoms with van der Waals surface area (Å²) in [6.45, 7) is 0. The molecule has 2 nitrogen and oxygen atoms in total. The molecular formula is C24H20O2. The lowest BCUT2D eigenvalue weighted by molar-refractivity contribution is 0.0992. The first-order chi connectivity index (χ1) is 12.7. The van der Waals surface area contributed by atoms with Gasteiger partial charge >= 0.3 is 0 Å². The van der Waals surface area contributed by atoms with Crippen LogP contribution in [0.15, 0.2) is 72.8 Å². The maximum Gasteiger partial charge on any atom is 0.193 e. The van der Waals surface area contributed by atoms with Crippen molar-refractivity contribution in [2.24, 2.45) is 0 Å². The number of benzene rings is 3. The van der Waals surface area contributed by atoms with Crippen molar-refractivity contribution >= 4 is 11.6 Å². The minimum Gasteiger partial charge on any atom is -0.294 e. The average Bonchev–Trinajstić information content (AvgIpc) is 3.15. The lowest BCUT2D eigenvalue weighted by atomic mass is 9.90. The lowest BCUT2D eigenvalue weighted by Gasteiger charge is -2.12. The highest BCUT2D eigenvalue weighted by Gasteiger charge is 2.21. The molecule has 4 rings (SSSR count). The lowest BCUT2D eigenvalue weighted by Crippen LogP contribution is -2.11. The molecule has 26 heavy (non-hydrogen) atoms. The molecule has 0 atom stereocenters. The van der Waals surface area contributed by atoms with Crippen molar-refractivity contribution in [2.45, 2.75) is 25.7 Å². The van der Waals surface area contributed by atoms with Crippen LogP contribution in [0.2, 0.25) is 0 Å². The standard InChI is InChI=1S/C24H20O2/c25-23(17-8-3-1-4-9-17)16-21-14-19-12-7-13-20(19)15-22(21)24(26)18-10-5-2-6-11-18/h1-6,8-11,14-15H,7,12-13,16H2. The fourth-order valence-corrected chi connectivity index (χ4v) is 3.68. The van der Waals surface area contributed by atoms with Gasteiger partial charge in [0.05, 0.1) is 0 Å². The first-order valence-corrected chi connectivity index (χ1v) is 9.05. The first-order valence-electron chi connectivity index (χ1n) is 9.05. The molecule has 0 unspecified atom stereocenters. The van der Waals surface area contributed by atoms with Gasteiger partial charge in [0.1, 0.15) is 0 Å². The second-order valence-electron chi connectivity index (χ2n) is 6.79. The van der Waals surface area contributed by atoms with Crippen LogP contribution >= 0.6 is 0 Å². The summed E-state index contributed by atoms with van der Waals surface area (Å²) in [5.41, 5.74) is 5.39. The van der Waals surface area contributed by atoms with Gasteiger partial charge in [0.2, 0.25) is 0 Å². The summed E-state index contributed by atoms with van der Waals surface area (Å²) in [5, 5.41) is 0. The number of carbonyl (C=O) groups is 2. The molecule has 0 N–H and O–H groups in total. The highest BCUT2D eigenvalue weighted by atomic mass is 16.1. The minimum absolute atomic E-state index is 0.00355. The van der Waals surface area contributed by atoms with E-state index in [0.717, 1.165) is 24.8 Å². The number of Topliss-reactive ketones (excluding diaryl/α,β-unsaturated/α-hetero) is 1. The maximum absolute atomic E-state index is 13.1. The van der Waals surface area contributed by atoms with Gasteiger partial charge in [-0.15, -0.1) is 0 Å². The van der Waals surface area contributed by atoms with Crippen molar-refractivity contribution in [3.63, 3.8) is 0 Å². The molecule has 1 aliphatic rings. The normalized spacial score (nSPS) is 12.6. The molecular weight excluding hydrogens is 320 g/mol. The van der Waals surface area contributed by atoms with Crippen LogP contribution in [0, 0.1) is 0 Å². The Morgan fingerprint density at radius 1 is 0.731 bits per heavy atom. The van der Waals surface area contributed by atoms with Crippen LogP contribution in [0.1, 0.15) is 49.4 Å². The van der Waals surface area contributed by atoms with Gasteiger partial charge in [-0.2, -0.15) is 0 Å². The summed E-state index contributed by atoms with van der Waals surface area (Å²) >= 11 is 0. The van der Waals surface area contributed by atoms with Gasteiger partial charge in [-0.3, -0.25) is 9.59 Å². The van der Waals surface area contributed by atoms with Crippen molar-refractivity contribution < 1.29 is 9.59 Å². The smallest absolute Gasteiger partial charge is 0.193 e. The number of fused-ring (bicyclic) bond motifs is 1. The zero-order valence-electron chi connectivity index (χ0n) is 14.6. The highest BCUT2D eigenvalue weighted by Crippen LogP contribution is 2.28. The van der Waals surface area contributed by atoms with E-state index in [1.54, 1.807) is 0 Å². The van der Waals surface area contributed by atoms with Crippen LogP contribution in [0.25, 0.3) is 0 Å². The zero-order valence-corrected chi connectivity index (χ0v) is 14.6. The van der Waals surface area contributed by atoms with E-state index in [2.05, 4.69) is 6.07 Å². The molecule has 0 saturated heterocycles. The van der Waals surface area contributed by atoms with E-state index in [4.69, 9.17) is 0 Å². The Morgan fingerprint density at radius 2 is 1.31 bits per heavy atom. The summed E-state index contributed by atoms with van der Waals surface area (Å²) < 4.78 is 0. The molecule has 0 amide bonds. The van der Waals surface area contributed by atoms with Gasteiger partial charge in [0.25, 0.3) is 0 Å². The Balaban J connectivity index is 1.73. The van der Waals surface area contributed by atoms with Crippen LogP contribution in [0.5, 0.6) is 0 Å². The molecule has 0 bridgehead atoms. The molecule has 0 heterocycles. The predicted molar refractivity (Wildman–Crippen MR) is 103 cm³/mol. The summed E-state index contributed by atoms with van der Waals surface area (Å²) in [5.74, 6) is 0.0434. The molecule has 1 aliphatic carbocycles. The maximum atomic E-state index is 13.1. The number of hydrogen-bond donors (Lipinski definition) is 0. The van der Waals surface area contributed by atoms with Gasteiger partial charge < -0.3 is 0 Å². The monoisotopic (exact) mass is 340 g/mol. The molecule has 0 aliphatic heterocycles. The van der Waals surface area contributed by atoms with E-state index in [1.165, 1.54) is 11.1 Å². The molecule has 0 radical (unpaired) electrons. The molecule has 0 fully saturated rings. The average molecular weight is 340 g/mol. The summed E-state index contributed by atoms with van der Waals surface area (Å²) in [7, 11) is 0. The predicted octanol–water partition coefficient (Wildman–Crippen LogP) is 4.83. The van der Waals surface area contributed by atoms with E-state index in [1.807, 2.05) is 66.7 Å². The third kappa shape index (κ3) is 3.23. The van der Waals surface area contributed by atoms with E-state index < -0.39 is 0 Å². The van der Waals surface area contributed by atoms with Gasteiger partial charge in [-0.05, 0) is 42.0 Å². The van der Waals surface area contributed by atoms with Crippen LogP contribution < -0.4 is 0 Å². The van der Waals surface area contributed by atoms with E-state index >= 15 is 0 Å². The first kappa shape index (κ1) is 16.5. The summed E-state index contributed by atoms with van der Waals surface area (Å²) in [4.78, 5) is 25.8. The molecule has 3 aromatic carbocycles. The Hall–Kier alpha value is -3.00. The minimum atomic E-state index is -0.00355. The molecule has 0 spiro atoms. The van der Waals surface area contributed by atoms with Gasteiger partial charge in [-0.25, -0.2) is 0 Å². The fraction of sp³-hybridized carbons (Fsp3) is 0.167. The van der Waals surface area contributed by atoms with Gasteiger partial charge in [0, 0.05) is 23.1 Å². The highest BCUT2D eigenvalue weighted by molar-refractivity contribution is 6.11. The number of ketones is 2. The fourth-order valence-electron chi connectivity index (χ4n) is 3.68. The van der Waals surface area contributed by atoms with Crippen molar-refractivity contribution in [2.75, 3.05) is 0 Å². The van der Waals surface area contributed by atoms with Crippen molar-refractivity contribution in [3.8, 4) is 0 Å². The Kier molecular flexibility index (Phi) is 4.49. The Bertz CT molecular complexity index is 956. The topological polar surface area (TPSA) is 34.1 Å². The largest absolute Gasteiger partial charge is 0.294 e. The van der Waals surface area contributed by atoms with Crippen LogP contribution in [-0.2, 0) is 19.3 Å². The van der Waals surface area contributed by atoms with Gasteiger partial charge in [-0.1, -0.05) is 66.7 Å². The SMILES string of the molecule is O=C(Cc1cc2c(cc1C(=O)c1ccccc1)CCC2)c1ccccc1. The second-order valence-corrected chi connectivity index (χ2v) is 6.79. The van der Waals surface area contributed by atoms with E-state index in [-0.39, 0.29) is 18.0 Å². The quantitative estimate of drug-likeness (QED) is 0.623. The molecule has 128 valence electrons.